The largest absolute Gasteiger partial charge is 0.369 e. The Morgan fingerprint density at radius 1 is 1.60 bits per heavy atom. The third-order valence-corrected chi connectivity index (χ3v) is 1.68. The Labute approximate surface area is 85.1 Å². The second-order valence-corrected chi connectivity index (χ2v) is 3.17. The number of imidazole rings is 1. The van der Waals surface area contributed by atoms with E-state index in [4.69, 9.17) is 0 Å². The Bertz CT molecular complexity index is 552. The van der Waals surface area contributed by atoms with E-state index in [1.165, 1.54) is 10.6 Å². The van der Waals surface area contributed by atoms with Crippen molar-refractivity contribution in [1.82, 2.24) is 24.3 Å². The number of aliphatic imine (C=N–C) groups is 1. The molecule has 2 heterocycles. The summed E-state index contributed by atoms with van der Waals surface area (Å²) >= 11 is 0. The molecule has 0 aliphatic carbocycles. The molecule has 0 fully saturated rings. The van der Waals surface area contributed by atoms with Crippen molar-refractivity contribution >= 4 is 18.1 Å². The highest BCUT2D eigenvalue weighted by Crippen LogP contribution is 2.00. The number of nitrogens with zero attached hydrogens (tertiary/aromatic N) is 5. The van der Waals surface area contributed by atoms with Crippen LogP contribution in [0.2, 0.25) is 0 Å². The van der Waals surface area contributed by atoms with Gasteiger partial charge in [0.05, 0.1) is 6.34 Å². The quantitative estimate of drug-likeness (QED) is 0.537. The van der Waals surface area contributed by atoms with E-state index in [1.54, 1.807) is 17.4 Å². The number of aromatic amines is 1. The molecule has 0 radical (unpaired) electrons. The summed E-state index contributed by atoms with van der Waals surface area (Å²) in [5.41, 5.74) is -0.302. The Kier molecular flexibility index (Phi) is 2.20. The van der Waals surface area contributed by atoms with Crippen LogP contribution in [0.4, 0.5) is 5.95 Å². The molecule has 2 aromatic heterocycles. The van der Waals surface area contributed by atoms with Crippen molar-refractivity contribution in [1.29, 1.82) is 0 Å². The lowest BCUT2D eigenvalue weighted by atomic mass is 10.8. The second kappa shape index (κ2) is 3.52. The molecule has 0 saturated carbocycles. The highest BCUT2D eigenvalue weighted by Gasteiger charge is 2.01. The van der Waals surface area contributed by atoms with Crippen molar-refractivity contribution < 1.29 is 0 Å². The lowest BCUT2D eigenvalue weighted by Crippen LogP contribution is -2.16. The lowest BCUT2D eigenvalue weighted by Gasteiger charge is -2.01. The molecular weight excluding hydrogens is 196 g/mol. The summed E-state index contributed by atoms with van der Waals surface area (Å²) < 4.78 is 1.31. The number of rotatable bonds is 2. The van der Waals surface area contributed by atoms with E-state index in [1.807, 2.05) is 14.1 Å². The second-order valence-electron chi connectivity index (χ2n) is 3.17. The fourth-order valence-corrected chi connectivity index (χ4v) is 1.05. The average Bonchev–Trinajstić information content (AvgIpc) is 2.63. The van der Waals surface area contributed by atoms with Gasteiger partial charge in [-0.15, -0.1) is 0 Å². The normalized spacial score (nSPS) is 11.3. The van der Waals surface area contributed by atoms with Gasteiger partial charge in [0.15, 0.2) is 0 Å². The van der Waals surface area contributed by atoms with Crippen LogP contribution in [0.15, 0.2) is 22.2 Å². The molecule has 0 spiro atoms. The first-order valence-corrected chi connectivity index (χ1v) is 4.31. The molecule has 0 aliphatic rings. The zero-order valence-corrected chi connectivity index (χ0v) is 8.38. The number of nitrogens with one attached hydrogen (secondary N) is 1. The van der Waals surface area contributed by atoms with E-state index in [-0.39, 0.29) is 11.6 Å². The molecule has 15 heavy (non-hydrogen) atoms. The summed E-state index contributed by atoms with van der Waals surface area (Å²) in [6, 6.07) is 0. The van der Waals surface area contributed by atoms with Gasteiger partial charge in [0.2, 0.25) is 11.7 Å². The summed E-state index contributed by atoms with van der Waals surface area (Å²) in [5, 5.41) is 0. The maximum Gasteiger partial charge on any atom is 0.335 e. The van der Waals surface area contributed by atoms with Gasteiger partial charge in [0.1, 0.15) is 0 Å². The van der Waals surface area contributed by atoms with Crippen LogP contribution in [0.1, 0.15) is 0 Å². The molecule has 0 amide bonds. The maximum atomic E-state index is 11.4. The average molecular weight is 206 g/mol. The number of hydrogen-bond acceptors (Lipinski definition) is 4. The number of fused-ring (bicyclic) bond motifs is 1. The molecule has 0 aliphatic heterocycles. The van der Waals surface area contributed by atoms with Gasteiger partial charge in [-0.25, -0.2) is 19.2 Å². The van der Waals surface area contributed by atoms with Crippen LogP contribution in [0.3, 0.4) is 0 Å². The van der Waals surface area contributed by atoms with Crippen LogP contribution in [0, 0.1) is 0 Å². The lowest BCUT2D eigenvalue weighted by molar-refractivity contribution is 0.642. The van der Waals surface area contributed by atoms with Crippen molar-refractivity contribution in [2.24, 2.45) is 4.99 Å². The summed E-state index contributed by atoms with van der Waals surface area (Å²) in [4.78, 5) is 27.6. The van der Waals surface area contributed by atoms with Crippen molar-refractivity contribution in [2.45, 2.75) is 0 Å². The minimum atomic E-state index is -0.302. The van der Waals surface area contributed by atoms with Crippen LogP contribution in [-0.2, 0) is 0 Å². The van der Waals surface area contributed by atoms with E-state index in [0.29, 0.717) is 5.78 Å². The van der Waals surface area contributed by atoms with Gasteiger partial charge in [-0.3, -0.25) is 4.98 Å². The van der Waals surface area contributed by atoms with Crippen LogP contribution in [-0.4, -0.2) is 44.7 Å². The molecule has 0 bridgehead atoms. The minimum absolute atomic E-state index is 0.243. The molecule has 0 saturated heterocycles. The van der Waals surface area contributed by atoms with Crippen molar-refractivity contribution in [3.05, 3.63) is 22.9 Å². The molecule has 0 atom stereocenters. The topological polar surface area (TPSA) is 78.7 Å². The van der Waals surface area contributed by atoms with Crippen molar-refractivity contribution in [2.75, 3.05) is 14.1 Å². The van der Waals surface area contributed by atoms with E-state index in [2.05, 4.69) is 19.9 Å². The Morgan fingerprint density at radius 2 is 2.40 bits per heavy atom. The predicted molar refractivity (Wildman–Crippen MR) is 55.4 cm³/mol. The van der Waals surface area contributed by atoms with Crippen LogP contribution < -0.4 is 5.69 Å². The number of hydrogen-bond donors (Lipinski definition) is 1. The molecule has 2 rings (SSSR count). The first kappa shape index (κ1) is 9.38. The standard InChI is InChI=1S/C8H10N6O/c1-13(2)5-10-6-11-7-9-3-4-14(7)8(15)12-6/h3-5H,1-2H3,(H,9,11,12,15)/b10-5+. The highest BCUT2D eigenvalue weighted by atomic mass is 16.1. The van der Waals surface area contributed by atoms with E-state index in [9.17, 15) is 4.79 Å². The predicted octanol–water partition coefficient (Wildman–Crippen LogP) is -0.361. The Balaban J connectivity index is 2.50. The van der Waals surface area contributed by atoms with Gasteiger partial charge >= 0.3 is 5.69 Å². The first-order valence-electron chi connectivity index (χ1n) is 4.31. The van der Waals surface area contributed by atoms with Gasteiger partial charge in [-0.1, -0.05) is 0 Å². The van der Waals surface area contributed by atoms with Crippen LogP contribution >= 0.6 is 0 Å². The highest BCUT2D eigenvalue weighted by molar-refractivity contribution is 5.57. The molecule has 2 aromatic rings. The zero-order valence-electron chi connectivity index (χ0n) is 8.38. The molecule has 7 nitrogen and oxygen atoms in total. The van der Waals surface area contributed by atoms with E-state index >= 15 is 0 Å². The summed E-state index contributed by atoms with van der Waals surface area (Å²) in [7, 11) is 3.66. The summed E-state index contributed by atoms with van der Waals surface area (Å²) in [6.07, 6.45) is 4.61. The van der Waals surface area contributed by atoms with Gasteiger partial charge in [0, 0.05) is 26.5 Å². The van der Waals surface area contributed by atoms with Crippen LogP contribution in [0.5, 0.6) is 0 Å². The molecule has 0 unspecified atom stereocenters. The number of H-pyrrole nitrogens is 1. The van der Waals surface area contributed by atoms with Gasteiger partial charge < -0.3 is 4.90 Å². The van der Waals surface area contributed by atoms with Gasteiger partial charge in [0.25, 0.3) is 0 Å². The third kappa shape index (κ3) is 1.85. The Hall–Kier alpha value is -2.18. The van der Waals surface area contributed by atoms with E-state index < -0.39 is 0 Å². The third-order valence-electron chi connectivity index (χ3n) is 1.68. The van der Waals surface area contributed by atoms with Crippen LogP contribution in [0.25, 0.3) is 5.78 Å². The minimum Gasteiger partial charge on any atom is -0.369 e. The molecule has 1 N–H and O–H groups in total. The SMILES string of the molecule is CN(C)/C=N/c1nc2nccn2c(=O)[nH]1. The number of aromatic nitrogens is 4. The summed E-state index contributed by atoms with van der Waals surface area (Å²) in [6.45, 7) is 0. The zero-order chi connectivity index (χ0) is 10.8. The molecule has 7 heteroatoms. The Morgan fingerprint density at radius 3 is 3.13 bits per heavy atom. The fraction of sp³-hybridized carbons (Fsp3) is 0.250. The smallest absolute Gasteiger partial charge is 0.335 e. The monoisotopic (exact) mass is 206 g/mol. The van der Waals surface area contributed by atoms with Gasteiger partial charge in [-0.2, -0.15) is 4.98 Å². The van der Waals surface area contributed by atoms with Crippen molar-refractivity contribution in [3.8, 4) is 0 Å². The molecular formula is C8H10N6O. The fourth-order valence-electron chi connectivity index (χ4n) is 1.05. The van der Waals surface area contributed by atoms with Gasteiger partial charge in [-0.05, 0) is 0 Å². The molecule has 78 valence electrons. The first-order chi connectivity index (χ1) is 7.16. The summed E-state index contributed by atoms with van der Waals surface area (Å²) in [5.74, 6) is 0.581. The van der Waals surface area contributed by atoms with E-state index in [0.717, 1.165) is 0 Å². The van der Waals surface area contributed by atoms with Crippen molar-refractivity contribution in [3.63, 3.8) is 0 Å². The molecule has 0 aromatic carbocycles. The maximum absolute atomic E-state index is 11.4.